The number of hydrogen-bond acceptors (Lipinski definition) is 2. The van der Waals surface area contributed by atoms with Crippen molar-refractivity contribution in [1.29, 1.82) is 0 Å². The minimum atomic E-state index is 0.747. The molecule has 1 radical (unpaired) electrons. The Hall–Kier alpha value is -0.730. The summed E-state index contributed by atoms with van der Waals surface area (Å²) in [5, 5.41) is 0.747. The highest BCUT2D eigenvalue weighted by atomic mass is 35.5. The van der Waals surface area contributed by atoms with Crippen molar-refractivity contribution in [2.75, 3.05) is 24.5 Å². The van der Waals surface area contributed by atoms with Gasteiger partial charge in [0.1, 0.15) is 0 Å². The van der Waals surface area contributed by atoms with Gasteiger partial charge in [0, 0.05) is 29.9 Å². The molecule has 0 aliphatic carbocycles. The second-order valence-corrected chi connectivity index (χ2v) is 4.51. The van der Waals surface area contributed by atoms with E-state index in [2.05, 4.69) is 11.0 Å². The molecule has 2 rings (SSSR count). The first-order chi connectivity index (χ1) is 7.29. The molecule has 1 heterocycles. The number of nitrogens with two attached hydrogens (primary N) is 1. The molecule has 1 unspecified atom stereocenters. The van der Waals surface area contributed by atoms with Gasteiger partial charge in [-0.2, -0.15) is 0 Å². The molecule has 1 aromatic rings. The summed E-state index contributed by atoms with van der Waals surface area (Å²) < 4.78 is 0. The molecular weight excluding hydrogens is 208 g/mol. The third kappa shape index (κ3) is 2.64. The van der Waals surface area contributed by atoms with Crippen molar-refractivity contribution in [2.45, 2.75) is 12.8 Å². The van der Waals surface area contributed by atoms with Crippen molar-refractivity contribution in [2.24, 2.45) is 11.7 Å². The zero-order chi connectivity index (χ0) is 10.7. The minimum Gasteiger partial charge on any atom is -0.371 e. The highest BCUT2D eigenvalue weighted by Gasteiger charge is 2.21. The first kappa shape index (κ1) is 10.8. The lowest BCUT2D eigenvalue weighted by molar-refractivity contribution is 0.546. The number of rotatable bonds is 3. The average Bonchev–Trinajstić information content (AvgIpc) is 2.68. The van der Waals surface area contributed by atoms with Crippen LogP contribution in [0.15, 0.2) is 18.2 Å². The summed E-state index contributed by atoms with van der Waals surface area (Å²) in [5.74, 6) is 0.749. The van der Waals surface area contributed by atoms with Crippen LogP contribution in [0.2, 0.25) is 5.02 Å². The molecule has 1 aromatic carbocycles. The van der Waals surface area contributed by atoms with Crippen LogP contribution in [-0.2, 0) is 0 Å². The zero-order valence-electron chi connectivity index (χ0n) is 8.75. The topological polar surface area (TPSA) is 29.3 Å². The molecule has 1 atom stereocenters. The van der Waals surface area contributed by atoms with Crippen molar-refractivity contribution in [3.05, 3.63) is 29.3 Å². The van der Waals surface area contributed by atoms with Crippen molar-refractivity contribution in [3.63, 3.8) is 0 Å². The van der Waals surface area contributed by atoms with Gasteiger partial charge in [0.05, 0.1) is 0 Å². The van der Waals surface area contributed by atoms with E-state index in [9.17, 15) is 0 Å². The average molecular weight is 224 g/mol. The van der Waals surface area contributed by atoms with Crippen LogP contribution in [0, 0.1) is 12.0 Å². The highest BCUT2D eigenvalue weighted by molar-refractivity contribution is 6.30. The Morgan fingerprint density at radius 1 is 1.53 bits per heavy atom. The second-order valence-electron chi connectivity index (χ2n) is 4.07. The molecule has 0 spiro atoms. The molecule has 0 aromatic heterocycles. The fourth-order valence-corrected chi connectivity index (χ4v) is 2.23. The fraction of sp³-hybridized carbons (Fsp3) is 0.500. The Bertz CT molecular complexity index is 310. The summed E-state index contributed by atoms with van der Waals surface area (Å²) >= 11 is 5.83. The highest BCUT2D eigenvalue weighted by Crippen LogP contribution is 2.25. The molecule has 0 amide bonds. The van der Waals surface area contributed by atoms with Gasteiger partial charge in [-0.05, 0) is 43.5 Å². The molecule has 1 saturated heterocycles. The lowest BCUT2D eigenvalue weighted by atomic mass is 10.1. The summed E-state index contributed by atoms with van der Waals surface area (Å²) in [7, 11) is 0. The Kier molecular flexibility index (Phi) is 3.49. The van der Waals surface area contributed by atoms with E-state index in [0.717, 1.165) is 42.7 Å². The fourth-order valence-electron chi connectivity index (χ4n) is 2.12. The second kappa shape index (κ2) is 4.86. The van der Waals surface area contributed by atoms with E-state index in [0.29, 0.717) is 0 Å². The number of hydrogen-bond donors (Lipinski definition) is 1. The van der Waals surface area contributed by atoms with Crippen molar-refractivity contribution in [1.82, 2.24) is 0 Å². The van der Waals surface area contributed by atoms with E-state index >= 15 is 0 Å². The van der Waals surface area contributed by atoms with E-state index in [4.69, 9.17) is 17.3 Å². The molecule has 1 aliphatic heterocycles. The van der Waals surface area contributed by atoms with Crippen LogP contribution in [0.3, 0.4) is 0 Å². The summed E-state index contributed by atoms with van der Waals surface area (Å²) in [6, 6.07) is 8.99. The van der Waals surface area contributed by atoms with Crippen LogP contribution in [-0.4, -0.2) is 19.6 Å². The summed E-state index contributed by atoms with van der Waals surface area (Å²) in [6.45, 7) is 3.01. The maximum atomic E-state index is 5.83. The smallest absolute Gasteiger partial charge is 0.0447 e. The molecule has 1 aliphatic rings. The van der Waals surface area contributed by atoms with Gasteiger partial charge in [0.2, 0.25) is 0 Å². The lowest BCUT2D eigenvalue weighted by Crippen LogP contribution is -2.20. The predicted octanol–water partition coefficient (Wildman–Crippen LogP) is 2.32. The largest absolute Gasteiger partial charge is 0.371 e. The lowest BCUT2D eigenvalue weighted by Gasteiger charge is -2.18. The minimum absolute atomic E-state index is 0.747. The molecule has 0 saturated carbocycles. The monoisotopic (exact) mass is 223 g/mol. The zero-order valence-corrected chi connectivity index (χ0v) is 9.50. The SMILES string of the molecule is NCCC1CCN(c2[c]cc(Cl)cc2)C1. The summed E-state index contributed by atoms with van der Waals surface area (Å²) in [4.78, 5) is 2.36. The maximum Gasteiger partial charge on any atom is 0.0447 e. The molecule has 15 heavy (non-hydrogen) atoms. The standard InChI is InChI=1S/C12H16ClN2/c13-11-1-3-12(4-2-11)15-8-6-10(9-15)5-7-14/h1-3,10H,5-9,14H2. The molecule has 0 bridgehead atoms. The van der Waals surface area contributed by atoms with Gasteiger partial charge in [-0.15, -0.1) is 0 Å². The first-order valence-corrected chi connectivity index (χ1v) is 5.79. The summed E-state index contributed by atoms with van der Waals surface area (Å²) in [5.41, 5.74) is 6.72. The Morgan fingerprint density at radius 2 is 2.40 bits per heavy atom. The third-order valence-corrected chi connectivity index (χ3v) is 3.19. The van der Waals surface area contributed by atoms with E-state index < -0.39 is 0 Å². The van der Waals surface area contributed by atoms with Crippen LogP contribution in [0.25, 0.3) is 0 Å². The third-order valence-electron chi connectivity index (χ3n) is 2.96. The summed E-state index contributed by atoms with van der Waals surface area (Å²) in [6.07, 6.45) is 2.37. The number of nitrogens with zero attached hydrogens (tertiary/aromatic N) is 1. The quantitative estimate of drug-likeness (QED) is 0.852. The van der Waals surface area contributed by atoms with Gasteiger partial charge in [-0.1, -0.05) is 11.6 Å². The van der Waals surface area contributed by atoms with E-state index in [1.54, 1.807) is 0 Å². The molecule has 1 fully saturated rings. The van der Waals surface area contributed by atoms with Crippen LogP contribution < -0.4 is 10.6 Å². The molecule has 3 heteroatoms. The van der Waals surface area contributed by atoms with E-state index in [1.807, 2.05) is 18.2 Å². The maximum absolute atomic E-state index is 5.83. The van der Waals surface area contributed by atoms with Crippen molar-refractivity contribution < 1.29 is 0 Å². The molecule has 2 N–H and O–H groups in total. The number of benzene rings is 1. The normalized spacial score (nSPS) is 20.9. The van der Waals surface area contributed by atoms with Crippen LogP contribution in [0.5, 0.6) is 0 Å². The number of anilines is 1. The Labute approximate surface area is 96.0 Å². The van der Waals surface area contributed by atoms with Gasteiger partial charge in [-0.3, -0.25) is 0 Å². The van der Waals surface area contributed by atoms with Crippen LogP contribution in [0.4, 0.5) is 5.69 Å². The molecule has 81 valence electrons. The van der Waals surface area contributed by atoms with Crippen LogP contribution in [0.1, 0.15) is 12.8 Å². The first-order valence-electron chi connectivity index (χ1n) is 5.42. The molecule has 2 nitrogen and oxygen atoms in total. The van der Waals surface area contributed by atoms with Crippen LogP contribution >= 0.6 is 11.6 Å². The van der Waals surface area contributed by atoms with Crippen molar-refractivity contribution >= 4 is 17.3 Å². The van der Waals surface area contributed by atoms with E-state index in [1.165, 1.54) is 6.42 Å². The predicted molar refractivity (Wildman–Crippen MR) is 64.3 cm³/mol. The van der Waals surface area contributed by atoms with Crippen molar-refractivity contribution in [3.8, 4) is 0 Å². The number of halogens is 1. The van der Waals surface area contributed by atoms with Gasteiger partial charge in [0.25, 0.3) is 0 Å². The Morgan fingerprint density at radius 3 is 3.07 bits per heavy atom. The van der Waals surface area contributed by atoms with Gasteiger partial charge >= 0.3 is 0 Å². The van der Waals surface area contributed by atoms with E-state index in [-0.39, 0.29) is 0 Å². The molecular formula is C12H16ClN2. The van der Waals surface area contributed by atoms with Gasteiger partial charge < -0.3 is 10.6 Å². The van der Waals surface area contributed by atoms with Gasteiger partial charge in [0.15, 0.2) is 0 Å². The van der Waals surface area contributed by atoms with Gasteiger partial charge in [-0.25, -0.2) is 0 Å². The Balaban J connectivity index is 1.98.